The highest BCUT2D eigenvalue weighted by Crippen LogP contribution is 2.26. The molecule has 3 aliphatic rings. The Hall–Kier alpha value is -2.94. The number of guanidine groups is 1. The van der Waals surface area contributed by atoms with E-state index in [9.17, 15) is 14.0 Å². The van der Waals surface area contributed by atoms with Crippen molar-refractivity contribution in [1.82, 2.24) is 24.9 Å². The van der Waals surface area contributed by atoms with Gasteiger partial charge in [0.2, 0.25) is 0 Å². The molecule has 9 heteroatoms. The highest BCUT2D eigenvalue weighted by Gasteiger charge is 2.49. The molecule has 1 N–H and O–H groups in total. The maximum atomic E-state index is 13.1. The summed E-state index contributed by atoms with van der Waals surface area (Å²) < 4.78 is 13.1. The number of piperazine rings is 1. The molecule has 8 nitrogen and oxygen atoms in total. The normalized spacial score (nSPS) is 25.0. The van der Waals surface area contributed by atoms with Crippen LogP contribution >= 0.6 is 0 Å². The molecular weight excluding hydrogens is 375 g/mol. The van der Waals surface area contributed by atoms with Crippen LogP contribution in [0.1, 0.15) is 5.56 Å². The van der Waals surface area contributed by atoms with E-state index in [1.54, 1.807) is 13.1 Å². The minimum absolute atomic E-state index is 0.228. The zero-order valence-corrected chi connectivity index (χ0v) is 16.4. The van der Waals surface area contributed by atoms with Crippen LogP contribution in [0.3, 0.4) is 0 Å². The number of carbonyl (C=O) groups excluding carboxylic acids is 2. The molecule has 0 spiro atoms. The monoisotopic (exact) mass is 400 g/mol. The van der Waals surface area contributed by atoms with E-state index in [4.69, 9.17) is 4.99 Å². The van der Waals surface area contributed by atoms with Crippen molar-refractivity contribution in [3.05, 3.63) is 48.3 Å². The first-order valence-electron chi connectivity index (χ1n) is 9.72. The Morgan fingerprint density at radius 3 is 2.55 bits per heavy atom. The number of carbonyl (C=O) groups is 2. The van der Waals surface area contributed by atoms with Crippen LogP contribution in [0, 0.1) is 5.82 Å². The number of halogens is 1. The molecule has 3 amide bonds. The Morgan fingerprint density at radius 1 is 1.21 bits per heavy atom. The summed E-state index contributed by atoms with van der Waals surface area (Å²) >= 11 is 0. The molecule has 0 aromatic heterocycles. The molecule has 1 aromatic rings. The largest absolute Gasteiger partial charge is 0.340 e. The molecular formula is C20H25FN6O2. The predicted molar refractivity (Wildman–Crippen MR) is 106 cm³/mol. The van der Waals surface area contributed by atoms with Gasteiger partial charge >= 0.3 is 6.03 Å². The van der Waals surface area contributed by atoms with Crippen LogP contribution in [-0.4, -0.2) is 89.5 Å². The van der Waals surface area contributed by atoms with Gasteiger partial charge in [-0.05, 0) is 17.7 Å². The van der Waals surface area contributed by atoms with E-state index in [0.717, 1.165) is 44.2 Å². The molecule has 3 aliphatic heterocycles. The summed E-state index contributed by atoms with van der Waals surface area (Å²) in [6.07, 6.45) is 1.22. The summed E-state index contributed by atoms with van der Waals surface area (Å²) in [5.74, 6) is 0.181. The zero-order chi connectivity index (χ0) is 20.5. The number of rotatable bonds is 4. The molecule has 1 aromatic carbocycles. The molecule has 0 aliphatic carbocycles. The van der Waals surface area contributed by atoms with Crippen molar-refractivity contribution >= 4 is 17.9 Å². The van der Waals surface area contributed by atoms with E-state index in [2.05, 4.69) is 21.7 Å². The average Bonchev–Trinajstić information content (AvgIpc) is 3.09. The number of nitrogens with one attached hydrogen (secondary N) is 1. The molecule has 2 saturated heterocycles. The van der Waals surface area contributed by atoms with Gasteiger partial charge in [-0.3, -0.25) is 15.0 Å². The second kappa shape index (κ2) is 7.82. The van der Waals surface area contributed by atoms with E-state index in [1.807, 2.05) is 17.0 Å². The van der Waals surface area contributed by atoms with Crippen LogP contribution in [0.25, 0.3) is 0 Å². The number of benzene rings is 1. The van der Waals surface area contributed by atoms with Crippen LogP contribution in [0.2, 0.25) is 0 Å². The Kier molecular flexibility index (Phi) is 5.23. The van der Waals surface area contributed by atoms with Crippen molar-refractivity contribution in [3.63, 3.8) is 0 Å². The number of imide groups is 1. The zero-order valence-electron chi connectivity index (χ0n) is 16.4. The number of urea groups is 1. The number of aliphatic imine (C=N–C) groups is 1. The minimum atomic E-state index is -0.539. The fraction of sp³-hybridized carbons (Fsp3) is 0.450. The summed E-state index contributed by atoms with van der Waals surface area (Å²) in [5.41, 5.74) is 1.08. The van der Waals surface area contributed by atoms with Crippen LogP contribution in [-0.2, 0) is 11.3 Å². The predicted octanol–water partition coefficient (Wildman–Crippen LogP) is 0.677. The first kappa shape index (κ1) is 19.4. The van der Waals surface area contributed by atoms with Crippen molar-refractivity contribution in [2.75, 3.05) is 39.8 Å². The van der Waals surface area contributed by atoms with Gasteiger partial charge in [-0.2, -0.15) is 0 Å². The maximum Gasteiger partial charge on any atom is 0.325 e. The lowest BCUT2D eigenvalue weighted by atomic mass is 10.1. The third-order valence-corrected chi connectivity index (χ3v) is 5.64. The molecule has 29 heavy (non-hydrogen) atoms. The third-order valence-electron chi connectivity index (χ3n) is 5.64. The summed E-state index contributed by atoms with van der Waals surface area (Å²) in [5, 5.41) is 2.40. The Balaban J connectivity index is 1.45. The van der Waals surface area contributed by atoms with E-state index in [0.29, 0.717) is 6.54 Å². The molecule has 0 radical (unpaired) electrons. The van der Waals surface area contributed by atoms with E-state index in [1.165, 1.54) is 17.0 Å². The standard InChI is InChI=1S/C20H25FN6O2/c1-3-8-27-16-17(24(2)20(29)23-18(16)28)22-19(27)26-11-9-25(10-12-26)13-14-4-6-15(21)7-5-14/h3-7,16-17H,1,8-13H2,2H3,(H,23,28,29). The van der Waals surface area contributed by atoms with Gasteiger partial charge in [0.05, 0.1) is 0 Å². The van der Waals surface area contributed by atoms with Crippen molar-refractivity contribution in [2.45, 2.75) is 18.8 Å². The van der Waals surface area contributed by atoms with Crippen LogP contribution < -0.4 is 5.32 Å². The molecule has 2 atom stereocenters. The fourth-order valence-electron chi connectivity index (χ4n) is 4.06. The highest BCUT2D eigenvalue weighted by atomic mass is 19.1. The summed E-state index contributed by atoms with van der Waals surface area (Å²) in [6.45, 7) is 8.21. The molecule has 0 bridgehead atoms. The highest BCUT2D eigenvalue weighted by molar-refractivity contribution is 6.03. The van der Waals surface area contributed by atoms with Gasteiger partial charge in [-0.15, -0.1) is 6.58 Å². The fourth-order valence-corrected chi connectivity index (χ4v) is 4.06. The van der Waals surface area contributed by atoms with Gasteiger partial charge < -0.3 is 14.7 Å². The van der Waals surface area contributed by atoms with Gasteiger partial charge in [0, 0.05) is 46.3 Å². The Morgan fingerprint density at radius 2 is 1.90 bits per heavy atom. The molecule has 2 fully saturated rings. The second-order valence-corrected chi connectivity index (χ2v) is 7.52. The summed E-state index contributed by atoms with van der Waals surface area (Å²) in [7, 11) is 1.65. The van der Waals surface area contributed by atoms with Gasteiger partial charge in [0.1, 0.15) is 5.82 Å². The Bertz CT molecular complexity index is 834. The number of hydrogen-bond acceptors (Lipinski definition) is 6. The molecule has 4 rings (SSSR count). The van der Waals surface area contributed by atoms with Gasteiger partial charge in [-0.25, -0.2) is 14.2 Å². The van der Waals surface area contributed by atoms with Crippen molar-refractivity contribution in [3.8, 4) is 0 Å². The lowest BCUT2D eigenvalue weighted by Gasteiger charge is -2.40. The number of hydrogen-bond donors (Lipinski definition) is 1. The average molecular weight is 400 g/mol. The van der Waals surface area contributed by atoms with E-state index < -0.39 is 18.2 Å². The second-order valence-electron chi connectivity index (χ2n) is 7.52. The Labute approximate surface area is 169 Å². The minimum Gasteiger partial charge on any atom is -0.340 e. The van der Waals surface area contributed by atoms with Gasteiger partial charge in [-0.1, -0.05) is 18.2 Å². The van der Waals surface area contributed by atoms with Crippen LogP contribution in [0.4, 0.5) is 9.18 Å². The van der Waals surface area contributed by atoms with Gasteiger partial charge in [0.15, 0.2) is 18.2 Å². The first-order chi connectivity index (χ1) is 14.0. The van der Waals surface area contributed by atoms with E-state index in [-0.39, 0.29) is 11.7 Å². The van der Waals surface area contributed by atoms with E-state index >= 15 is 0 Å². The molecule has 2 unspecified atom stereocenters. The topological polar surface area (TPSA) is 71.5 Å². The third kappa shape index (κ3) is 3.69. The van der Waals surface area contributed by atoms with Crippen molar-refractivity contribution < 1.29 is 14.0 Å². The molecule has 3 heterocycles. The quantitative estimate of drug-likeness (QED) is 0.753. The lowest BCUT2D eigenvalue weighted by molar-refractivity contribution is -0.127. The SMILES string of the molecule is C=CCN1C(N2CCN(Cc3ccc(F)cc3)CC2)=NC2C1C(=O)NC(=O)N2C. The van der Waals surface area contributed by atoms with Crippen molar-refractivity contribution in [2.24, 2.45) is 4.99 Å². The number of fused-ring (bicyclic) bond motifs is 1. The smallest absolute Gasteiger partial charge is 0.325 e. The lowest BCUT2D eigenvalue weighted by Crippen LogP contribution is -2.64. The molecule has 0 saturated carbocycles. The van der Waals surface area contributed by atoms with Gasteiger partial charge in [0.25, 0.3) is 5.91 Å². The number of amides is 3. The summed E-state index contributed by atoms with van der Waals surface area (Å²) in [4.78, 5) is 37.0. The first-order valence-corrected chi connectivity index (χ1v) is 9.72. The maximum absolute atomic E-state index is 13.1. The van der Waals surface area contributed by atoms with Crippen LogP contribution in [0.15, 0.2) is 41.9 Å². The number of likely N-dealkylation sites (N-methyl/N-ethyl adjacent to an activating group) is 1. The van der Waals surface area contributed by atoms with Crippen LogP contribution in [0.5, 0.6) is 0 Å². The molecule has 154 valence electrons. The summed E-state index contributed by atoms with van der Waals surface area (Å²) in [6, 6.07) is 5.62. The number of nitrogens with zero attached hydrogens (tertiary/aromatic N) is 5. The van der Waals surface area contributed by atoms with Crippen molar-refractivity contribution in [1.29, 1.82) is 0 Å².